The van der Waals surface area contributed by atoms with E-state index in [1.807, 2.05) is 20.2 Å². The highest BCUT2D eigenvalue weighted by Crippen LogP contribution is 2.10. The van der Waals surface area contributed by atoms with E-state index in [4.69, 9.17) is 0 Å². The van der Waals surface area contributed by atoms with Crippen molar-refractivity contribution in [3.05, 3.63) is 24.0 Å². The molecule has 1 aromatic heterocycles. The molecular weight excluding hydrogens is 282 g/mol. The Balaban J connectivity index is 1.87. The molecule has 1 aliphatic rings. The number of carbonyl (C=O) groups excluding carboxylic acids is 2. The van der Waals surface area contributed by atoms with E-state index in [1.54, 1.807) is 22.1 Å². The summed E-state index contributed by atoms with van der Waals surface area (Å²) >= 11 is 0. The summed E-state index contributed by atoms with van der Waals surface area (Å²) in [6.45, 7) is 4.04. The van der Waals surface area contributed by atoms with E-state index in [1.165, 1.54) is 0 Å². The number of pyridine rings is 1. The van der Waals surface area contributed by atoms with Crippen molar-refractivity contribution in [1.82, 2.24) is 19.7 Å². The first-order valence-electron chi connectivity index (χ1n) is 7.43. The molecule has 0 saturated carbocycles. The molecule has 0 atom stereocenters. The van der Waals surface area contributed by atoms with E-state index < -0.39 is 0 Å². The van der Waals surface area contributed by atoms with Crippen molar-refractivity contribution in [1.29, 1.82) is 0 Å². The van der Waals surface area contributed by atoms with Gasteiger partial charge >= 0.3 is 0 Å². The number of amides is 2. The molecule has 0 aliphatic carbocycles. The number of rotatable bonds is 6. The summed E-state index contributed by atoms with van der Waals surface area (Å²) in [6, 6.07) is 3.62. The van der Waals surface area contributed by atoms with Crippen LogP contribution in [0.5, 0.6) is 0 Å². The molecule has 1 aliphatic heterocycles. The Morgan fingerprint density at radius 2 is 2.05 bits per heavy atom. The molecule has 7 nitrogen and oxygen atoms in total. The Labute approximate surface area is 130 Å². The molecule has 1 aromatic rings. The van der Waals surface area contributed by atoms with Crippen molar-refractivity contribution in [2.45, 2.75) is 0 Å². The summed E-state index contributed by atoms with van der Waals surface area (Å²) in [4.78, 5) is 32.8. The zero-order chi connectivity index (χ0) is 15.9. The van der Waals surface area contributed by atoms with Gasteiger partial charge in [0.15, 0.2) is 0 Å². The fraction of sp³-hybridized carbons (Fsp3) is 0.533. The van der Waals surface area contributed by atoms with Crippen LogP contribution in [0.3, 0.4) is 0 Å². The largest absolute Gasteiger partial charge is 0.383 e. The number of anilines is 1. The van der Waals surface area contributed by atoms with Crippen molar-refractivity contribution >= 4 is 18.0 Å². The van der Waals surface area contributed by atoms with Crippen LogP contribution in [0.1, 0.15) is 10.5 Å². The standard InChI is InChI=1S/C15H23N5O2/c1-18(2)6-5-16-13-3-4-14(17-11-13)15(22)20-9-7-19(12-21)8-10-20/h3-4,11-12,16H,5-10H2,1-2H3. The maximum absolute atomic E-state index is 12.3. The first kappa shape index (κ1) is 16.2. The molecule has 0 spiro atoms. The SMILES string of the molecule is CN(C)CCNc1ccc(C(=O)N2CCN(C=O)CC2)nc1. The summed E-state index contributed by atoms with van der Waals surface area (Å²) in [5, 5.41) is 3.26. The molecule has 22 heavy (non-hydrogen) atoms. The number of piperazine rings is 1. The summed E-state index contributed by atoms with van der Waals surface area (Å²) in [5.74, 6) is -0.0783. The molecule has 2 amide bonds. The van der Waals surface area contributed by atoms with Crippen LogP contribution in [0.25, 0.3) is 0 Å². The van der Waals surface area contributed by atoms with Crippen molar-refractivity contribution in [2.75, 3.05) is 58.7 Å². The zero-order valence-corrected chi connectivity index (χ0v) is 13.2. The molecule has 2 heterocycles. The minimum atomic E-state index is -0.0783. The van der Waals surface area contributed by atoms with Gasteiger partial charge in [0.25, 0.3) is 5.91 Å². The summed E-state index contributed by atoms with van der Waals surface area (Å²) in [5.41, 5.74) is 1.35. The predicted octanol–water partition coefficient (Wildman–Crippen LogP) is -0.0307. The summed E-state index contributed by atoms with van der Waals surface area (Å²) < 4.78 is 0. The Hall–Kier alpha value is -2.15. The maximum atomic E-state index is 12.3. The molecule has 0 radical (unpaired) electrons. The molecule has 1 N–H and O–H groups in total. The zero-order valence-electron chi connectivity index (χ0n) is 13.2. The van der Waals surface area contributed by atoms with Gasteiger partial charge in [0, 0.05) is 39.3 Å². The minimum Gasteiger partial charge on any atom is -0.383 e. The second-order valence-corrected chi connectivity index (χ2v) is 5.60. The second-order valence-electron chi connectivity index (χ2n) is 5.60. The van der Waals surface area contributed by atoms with Gasteiger partial charge in [0.05, 0.1) is 11.9 Å². The van der Waals surface area contributed by atoms with Crippen molar-refractivity contribution in [2.24, 2.45) is 0 Å². The van der Waals surface area contributed by atoms with Gasteiger partial charge < -0.3 is 20.0 Å². The highest BCUT2D eigenvalue weighted by molar-refractivity contribution is 5.92. The maximum Gasteiger partial charge on any atom is 0.272 e. The Morgan fingerprint density at radius 3 is 2.59 bits per heavy atom. The number of nitrogens with zero attached hydrogens (tertiary/aromatic N) is 4. The molecule has 0 aromatic carbocycles. The number of carbonyl (C=O) groups is 2. The van der Waals surface area contributed by atoms with Crippen LogP contribution >= 0.6 is 0 Å². The van der Waals surface area contributed by atoms with Crippen LogP contribution in [0.4, 0.5) is 5.69 Å². The number of nitrogens with one attached hydrogen (secondary N) is 1. The summed E-state index contributed by atoms with van der Waals surface area (Å²) in [6.07, 6.45) is 2.51. The lowest BCUT2D eigenvalue weighted by Gasteiger charge is -2.32. The molecule has 7 heteroatoms. The monoisotopic (exact) mass is 305 g/mol. The van der Waals surface area contributed by atoms with E-state index >= 15 is 0 Å². The molecular formula is C15H23N5O2. The Bertz CT molecular complexity index is 495. The van der Waals surface area contributed by atoms with E-state index in [0.717, 1.165) is 25.2 Å². The third-order valence-electron chi connectivity index (χ3n) is 3.62. The number of likely N-dealkylation sites (N-methyl/N-ethyl adjacent to an activating group) is 1. The highest BCUT2D eigenvalue weighted by atomic mass is 16.2. The van der Waals surface area contributed by atoms with Gasteiger partial charge in [-0.3, -0.25) is 9.59 Å². The number of aromatic nitrogens is 1. The number of hydrogen-bond acceptors (Lipinski definition) is 5. The average molecular weight is 305 g/mol. The lowest BCUT2D eigenvalue weighted by Crippen LogP contribution is -2.48. The van der Waals surface area contributed by atoms with Crippen LogP contribution in [-0.2, 0) is 4.79 Å². The molecule has 2 rings (SSSR count). The quantitative estimate of drug-likeness (QED) is 0.748. The van der Waals surface area contributed by atoms with Gasteiger partial charge in [0.1, 0.15) is 5.69 Å². The fourth-order valence-corrected chi connectivity index (χ4v) is 2.24. The normalized spacial score (nSPS) is 15.0. The molecule has 0 unspecified atom stereocenters. The van der Waals surface area contributed by atoms with Crippen LogP contribution in [0.2, 0.25) is 0 Å². The summed E-state index contributed by atoms with van der Waals surface area (Å²) in [7, 11) is 4.04. The first-order valence-corrected chi connectivity index (χ1v) is 7.43. The van der Waals surface area contributed by atoms with Gasteiger partial charge in [-0.05, 0) is 26.2 Å². The lowest BCUT2D eigenvalue weighted by atomic mass is 10.2. The van der Waals surface area contributed by atoms with E-state index in [0.29, 0.717) is 31.9 Å². The van der Waals surface area contributed by atoms with Crippen molar-refractivity contribution in [3.8, 4) is 0 Å². The van der Waals surface area contributed by atoms with Gasteiger partial charge in [-0.25, -0.2) is 4.98 Å². The molecule has 1 fully saturated rings. The van der Waals surface area contributed by atoms with Gasteiger partial charge in [-0.15, -0.1) is 0 Å². The average Bonchev–Trinajstić information content (AvgIpc) is 2.54. The van der Waals surface area contributed by atoms with Crippen molar-refractivity contribution in [3.63, 3.8) is 0 Å². The first-order chi connectivity index (χ1) is 10.6. The molecule has 120 valence electrons. The van der Waals surface area contributed by atoms with Gasteiger partial charge in [0.2, 0.25) is 6.41 Å². The molecule has 1 saturated heterocycles. The second kappa shape index (κ2) is 7.74. The Morgan fingerprint density at radius 1 is 1.32 bits per heavy atom. The van der Waals surface area contributed by atoms with Gasteiger partial charge in [-0.2, -0.15) is 0 Å². The molecule has 0 bridgehead atoms. The van der Waals surface area contributed by atoms with Crippen LogP contribution in [-0.4, -0.2) is 85.4 Å². The van der Waals surface area contributed by atoms with Crippen LogP contribution in [0.15, 0.2) is 18.3 Å². The van der Waals surface area contributed by atoms with Crippen LogP contribution < -0.4 is 5.32 Å². The smallest absolute Gasteiger partial charge is 0.272 e. The predicted molar refractivity (Wildman–Crippen MR) is 84.8 cm³/mol. The van der Waals surface area contributed by atoms with Gasteiger partial charge in [-0.1, -0.05) is 0 Å². The van der Waals surface area contributed by atoms with E-state index in [9.17, 15) is 9.59 Å². The van der Waals surface area contributed by atoms with E-state index in [2.05, 4.69) is 15.2 Å². The highest BCUT2D eigenvalue weighted by Gasteiger charge is 2.21. The topological polar surface area (TPSA) is 68.8 Å². The number of hydrogen-bond donors (Lipinski definition) is 1. The minimum absolute atomic E-state index is 0.0783. The lowest BCUT2D eigenvalue weighted by molar-refractivity contribution is -0.119. The fourth-order valence-electron chi connectivity index (χ4n) is 2.24. The van der Waals surface area contributed by atoms with Crippen molar-refractivity contribution < 1.29 is 9.59 Å². The Kier molecular flexibility index (Phi) is 5.71. The van der Waals surface area contributed by atoms with Crippen LogP contribution in [0, 0.1) is 0 Å². The third-order valence-corrected chi connectivity index (χ3v) is 3.62. The third kappa shape index (κ3) is 4.42. The van der Waals surface area contributed by atoms with E-state index in [-0.39, 0.29) is 5.91 Å².